The highest BCUT2D eigenvalue weighted by molar-refractivity contribution is 8.02. The molecular weight excluding hydrogens is 172 g/mol. The fraction of sp³-hybridized carbons (Fsp3) is 0.750. The van der Waals surface area contributed by atoms with Crippen LogP contribution in [0.2, 0.25) is 0 Å². The van der Waals surface area contributed by atoms with Gasteiger partial charge in [-0.15, -0.1) is 11.8 Å². The third kappa shape index (κ3) is 1.80. The number of carbonyl (C=O) groups excluding carboxylic acids is 1. The van der Waals surface area contributed by atoms with E-state index in [1.807, 2.05) is 19.0 Å². The van der Waals surface area contributed by atoms with Gasteiger partial charge in [0.1, 0.15) is 5.84 Å². The fourth-order valence-corrected chi connectivity index (χ4v) is 2.14. The topological polar surface area (TPSA) is 32.7 Å². The van der Waals surface area contributed by atoms with E-state index in [1.165, 1.54) is 0 Å². The van der Waals surface area contributed by atoms with Gasteiger partial charge in [0.2, 0.25) is 0 Å². The zero-order valence-electron chi connectivity index (χ0n) is 7.92. The molecule has 0 atom stereocenters. The van der Waals surface area contributed by atoms with Gasteiger partial charge in [-0.25, -0.2) is 0 Å². The first-order valence-corrected chi connectivity index (χ1v) is 4.85. The van der Waals surface area contributed by atoms with Crippen molar-refractivity contribution < 1.29 is 4.79 Å². The standard InChI is InChI=1S/C8H14N2OS/c1-8(2)7(10(3)4)9-6(11)5-12-8/h5H2,1-4H3. The van der Waals surface area contributed by atoms with E-state index in [-0.39, 0.29) is 10.7 Å². The van der Waals surface area contributed by atoms with Crippen LogP contribution in [0.25, 0.3) is 0 Å². The number of amidine groups is 1. The Kier molecular flexibility index (Phi) is 2.46. The number of rotatable bonds is 0. The average Bonchev–Trinajstić information content (AvgIpc) is 1.94. The zero-order valence-corrected chi connectivity index (χ0v) is 8.73. The Morgan fingerprint density at radius 3 is 2.50 bits per heavy atom. The van der Waals surface area contributed by atoms with Gasteiger partial charge in [0.15, 0.2) is 0 Å². The summed E-state index contributed by atoms with van der Waals surface area (Å²) >= 11 is 1.64. The van der Waals surface area contributed by atoms with Crippen LogP contribution in [0.5, 0.6) is 0 Å². The number of carbonyl (C=O) groups is 1. The van der Waals surface area contributed by atoms with Crippen LogP contribution < -0.4 is 0 Å². The monoisotopic (exact) mass is 186 g/mol. The summed E-state index contributed by atoms with van der Waals surface area (Å²) in [7, 11) is 3.83. The molecule has 1 aliphatic heterocycles. The summed E-state index contributed by atoms with van der Waals surface area (Å²) in [5.41, 5.74) is 0. The third-order valence-electron chi connectivity index (χ3n) is 1.75. The molecule has 0 fully saturated rings. The molecule has 1 amide bonds. The number of hydrogen-bond acceptors (Lipinski definition) is 3. The molecule has 1 rings (SSSR count). The first-order valence-electron chi connectivity index (χ1n) is 3.87. The van der Waals surface area contributed by atoms with E-state index in [9.17, 15) is 4.79 Å². The molecule has 12 heavy (non-hydrogen) atoms. The molecular formula is C8H14N2OS. The number of aliphatic imine (C=N–C) groups is 1. The van der Waals surface area contributed by atoms with Gasteiger partial charge in [-0.1, -0.05) is 0 Å². The molecule has 1 heterocycles. The number of amides is 1. The smallest absolute Gasteiger partial charge is 0.257 e. The minimum atomic E-state index is -0.0303. The first kappa shape index (κ1) is 9.58. The van der Waals surface area contributed by atoms with E-state index in [1.54, 1.807) is 11.8 Å². The summed E-state index contributed by atoms with van der Waals surface area (Å²) in [6.07, 6.45) is 0. The van der Waals surface area contributed by atoms with Crippen LogP contribution in [0.4, 0.5) is 0 Å². The molecule has 1 aliphatic rings. The highest BCUT2D eigenvalue weighted by Crippen LogP contribution is 2.30. The third-order valence-corrected chi connectivity index (χ3v) is 3.04. The molecule has 0 spiro atoms. The highest BCUT2D eigenvalue weighted by atomic mass is 32.2. The number of thioether (sulfide) groups is 1. The molecule has 0 aromatic heterocycles. The highest BCUT2D eigenvalue weighted by Gasteiger charge is 2.32. The summed E-state index contributed by atoms with van der Waals surface area (Å²) in [6, 6.07) is 0. The largest absolute Gasteiger partial charge is 0.365 e. The number of nitrogens with zero attached hydrogens (tertiary/aromatic N) is 2. The zero-order chi connectivity index (χ0) is 9.35. The van der Waals surface area contributed by atoms with E-state index < -0.39 is 0 Å². The Balaban J connectivity index is 2.96. The molecule has 0 aliphatic carbocycles. The quantitative estimate of drug-likeness (QED) is 0.566. The molecule has 3 nitrogen and oxygen atoms in total. The SMILES string of the molecule is CN(C)C1=NC(=O)CSC1(C)C. The molecule has 0 N–H and O–H groups in total. The van der Waals surface area contributed by atoms with Crippen LogP contribution in [0, 0.1) is 0 Å². The van der Waals surface area contributed by atoms with Gasteiger partial charge >= 0.3 is 0 Å². The second-order valence-electron chi connectivity index (χ2n) is 3.52. The van der Waals surface area contributed by atoms with Crippen molar-refractivity contribution >= 4 is 23.5 Å². The second kappa shape index (κ2) is 3.09. The lowest BCUT2D eigenvalue weighted by molar-refractivity contribution is -0.115. The molecule has 0 unspecified atom stereocenters. The maximum atomic E-state index is 11.0. The lowest BCUT2D eigenvalue weighted by Crippen LogP contribution is -2.43. The van der Waals surface area contributed by atoms with E-state index in [2.05, 4.69) is 18.8 Å². The molecule has 0 saturated carbocycles. The Bertz CT molecular complexity index is 233. The summed E-state index contributed by atoms with van der Waals surface area (Å²) in [4.78, 5) is 17.0. The Morgan fingerprint density at radius 1 is 1.50 bits per heavy atom. The van der Waals surface area contributed by atoms with Crippen molar-refractivity contribution in [3.8, 4) is 0 Å². The summed E-state index contributed by atoms with van der Waals surface area (Å²) in [5.74, 6) is 1.34. The maximum Gasteiger partial charge on any atom is 0.257 e. The van der Waals surface area contributed by atoms with Crippen LogP contribution in [0.15, 0.2) is 4.99 Å². The Labute approximate surface area is 77.2 Å². The van der Waals surface area contributed by atoms with E-state index in [0.29, 0.717) is 5.75 Å². The van der Waals surface area contributed by atoms with E-state index >= 15 is 0 Å². The van der Waals surface area contributed by atoms with Gasteiger partial charge in [0.25, 0.3) is 5.91 Å². The van der Waals surface area contributed by atoms with Gasteiger partial charge in [-0.3, -0.25) is 4.79 Å². The van der Waals surface area contributed by atoms with Crippen LogP contribution in [-0.4, -0.2) is 41.2 Å². The molecule has 0 radical (unpaired) electrons. The van der Waals surface area contributed by atoms with E-state index in [0.717, 1.165) is 5.84 Å². The Morgan fingerprint density at radius 2 is 2.08 bits per heavy atom. The van der Waals surface area contributed by atoms with Gasteiger partial charge in [-0.05, 0) is 13.8 Å². The normalized spacial score (nSPS) is 22.0. The molecule has 0 aromatic rings. The van der Waals surface area contributed by atoms with Crippen LogP contribution >= 0.6 is 11.8 Å². The van der Waals surface area contributed by atoms with Crippen molar-refractivity contribution in [1.29, 1.82) is 0 Å². The van der Waals surface area contributed by atoms with Crippen molar-refractivity contribution in [3.05, 3.63) is 0 Å². The van der Waals surface area contributed by atoms with Crippen molar-refractivity contribution in [2.75, 3.05) is 19.8 Å². The van der Waals surface area contributed by atoms with Gasteiger partial charge in [0, 0.05) is 14.1 Å². The molecule has 0 bridgehead atoms. The minimum Gasteiger partial charge on any atom is -0.365 e. The number of hydrogen-bond donors (Lipinski definition) is 0. The summed E-state index contributed by atoms with van der Waals surface area (Å²) in [6.45, 7) is 4.17. The predicted molar refractivity (Wildman–Crippen MR) is 52.7 cm³/mol. The molecule has 68 valence electrons. The summed E-state index contributed by atoms with van der Waals surface area (Å²) in [5, 5.41) is 0. The minimum absolute atomic E-state index is 0.0250. The first-order chi connectivity index (χ1) is 5.43. The van der Waals surface area contributed by atoms with Crippen molar-refractivity contribution in [2.45, 2.75) is 18.6 Å². The predicted octanol–water partition coefficient (Wildman–Crippen LogP) is 0.998. The van der Waals surface area contributed by atoms with Gasteiger partial charge in [-0.2, -0.15) is 4.99 Å². The fourth-order valence-electron chi connectivity index (χ4n) is 1.23. The van der Waals surface area contributed by atoms with Gasteiger partial charge in [0.05, 0.1) is 10.5 Å². The van der Waals surface area contributed by atoms with Gasteiger partial charge < -0.3 is 4.90 Å². The molecule has 0 aromatic carbocycles. The van der Waals surface area contributed by atoms with E-state index in [4.69, 9.17) is 0 Å². The molecule has 0 saturated heterocycles. The van der Waals surface area contributed by atoms with Crippen molar-refractivity contribution in [2.24, 2.45) is 4.99 Å². The second-order valence-corrected chi connectivity index (χ2v) is 5.12. The van der Waals surface area contributed by atoms with Crippen LogP contribution in [0.1, 0.15) is 13.8 Å². The van der Waals surface area contributed by atoms with Crippen LogP contribution in [-0.2, 0) is 4.79 Å². The van der Waals surface area contributed by atoms with Crippen molar-refractivity contribution in [1.82, 2.24) is 4.90 Å². The average molecular weight is 186 g/mol. The maximum absolute atomic E-state index is 11.0. The lowest BCUT2D eigenvalue weighted by atomic mass is 10.1. The summed E-state index contributed by atoms with van der Waals surface area (Å²) < 4.78 is -0.0303. The van der Waals surface area contributed by atoms with Crippen LogP contribution in [0.3, 0.4) is 0 Å². The lowest BCUT2D eigenvalue weighted by Gasteiger charge is -2.32. The Hall–Kier alpha value is -0.510. The van der Waals surface area contributed by atoms with Crippen molar-refractivity contribution in [3.63, 3.8) is 0 Å². The molecule has 4 heteroatoms.